The monoisotopic (exact) mass is 317 g/mol. The normalized spacial score (nSPS) is 30.9. The molecule has 0 saturated carbocycles. The van der Waals surface area contributed by atoms with Gasteiger partial charge in [0.05, 0.1) is 0 Å². The van der Waals surface area contributed by atoms with Crippen LogP contribution in [0, 0.1) is 6.92 Å². The molecule has 0 aliphatic carbocycles. The quantitative estimate of drug-likeness (QED) is 0.803. The summed E-state index contributed by atoms with van der Waals surface area (Å²) in [4.78, 5) is 4.24. The maximum Gasteiger partial charge on any atom is 0.262 e. The number of imidazole rings is 1. The molecular weight excluding hydrogens is 298 g/mol. The third-order valence-electron chi connectivity index (χ3n) is 4.45. The Labute approximate surface area is 125 Å². The number of halogens is 1. The number of alkyl halides is 1. The zero-order valence-corrected chi connectivity index (χ0v) is 13.4. The molecule has 112 valence electrons. The van der Waals surface area contributed by atoms with Gasteiger partial charge in [0.1, 0.15) is 5.82 Å². The lowest BCUT2D eigenvalue weighted by Crippen LogP contribution is -2.46. The minimum atomic E-state index is -3.49. The summed E-state index contributed by atoms with van der Waals surface area (Å²) in [6, 6.07) is 0.0988. The second kappa shape index (κ2) is 5.00. The molecule has 2 aliphatic heterocycles. The van der Waals surface area contributed by atoms with Gasteiger partial charge in [-0.3, -0.25) is 0 Å². The lowest BCUT2D eigenvalue weighted by molar-refractivity contribution is 0.250. The van der Waals surface area contributed by atoms with Crippen molar-refractivity contribution in [2.75, 3.05) is 0 Å². The molecule has 0 spiro atoms. The molecule has 2 aliphatic rings. The van der Waals surface area contributed by atoms with E-state index in [4.69, 9.17) is 11.6 Å². The van der Waals surface area contributed by atoms with Gasteiger partial charge in [0.25, 0.3) is 10.0 Å². The van der Waals surface area contributed by atoms with Crippen LogP contribution in [0.5, 0.6) is 0 Å². The summed E-state index contributed by atoms with van der Waals surface area (Å²) >= 11 is 6.22. The zero-order valence-electron chi connectivity index (χ0n) is 11.8. The van der Waals surface area contributed by atoms with Crippen LogP contribution in [0.4, 0.5) is 0 Å². The standard InChI is InChI=1S/C13H20ClN3O2S/c1-3-16-8-13(15-9(16)2)20(18,19)17-11-4-5-12(17)7-10(14)6-11/h8,10-12H,3-7H2,1-2H3. The van der Waals surface area contributed by atoms with Crippen molar-refractivity contribution in [1.82, 2.24) is 13.9 Å². The van der Waals surface area contributed by atoms with Crippen molar-refractivity contribution in [1.29, 1.82) is 0 Å². The molecule has 2 saturated heterocycles. The van der Waals surface area contributed by atoms with E-state index in [2.05, 4.69) is 4.98 Å². The van der Waals surface area contributed by atoms with Gasteiger partial charge in [-0.1, -0.05) is 0 Å². The van der Waals surface area contributed by atoms with Crippen LogP contribution in [0.15, 0.2) is 11.2 Å². The van der Waals surface area contributed by atoms with E-state index < -0.39 is 10.0 Å². The molecule has 0 N–H and O–H groups in total. The highest BCUT2D eigenvalue weighted by atomic mass is 35.5. The number of aromatic nitrogens is 2. The summed E-state index contributed by atoms with van der Waals surface area (Å²) in [5.74, 6) is 0.741. The van der Waals surface area contributed by atoms with Gasteiger partial charge in [0, 0.05) is 30.2 Å². The summed E-state index contributed by atoms with van der Waals surface area (Å²) in [5.41, 5.74) is 0. The Morgan fingerprint density at radius 2 is 1.95 bits per heavy atom. The first-order chi connectivity index (χ1) is 9.43. The number of piperidine rings is 1. The average molecular weight is 318 g/mol. The fourth-order valence-electron chi connectivity index (χ4n) is 3.49. The maximum atomic E-state index is 12.8. The van der Waals surface area contributed by atoms with Crippen LogP contribution in [-0.4, -0.2) is 39.7 Å². The summed E-state index contributed by atoms with van der Waals surface area (Å²) < 4.78 is 29.2. The first-order valence-electron chi connectivity index (χ1n) is 7.15. The number of sulfonamides is 1. The molecule has 2 bridgehead atoms. The molecule has 2 unspecified atom stereocenters. The molecule has 5 nitrogen and oxygen atoms in total. The highest BCUT2D eigenvalue weighted by Gasteiger charge is 2.47. The first kappa shape index (κ1) is 14.4. The largest absolute Gasteiger partial charge is 0.334 e. The van der Waals surface area contributed by atoms with E-state index in [1.54, 1.807) is 10.5 Å². The highest BCUT2D eigenvalue weighted by Crippen LogP contribution is 2.41. The number of aryl methyl sites for hydroxylation is 2. The number of fused-ring (bicyclic) bond motifs is 2. The third kappa shape index (κ3) is 2.18. The Morgan fingerprint density at radius 1 is 1.35 bits per heavy atom. The Kier molecular flexibility index (Phi) is 3.59. The number of hydrogen-bond acceptors (Lipinski definition) is 3. The SMILES string of the molecule is CCn1cc(S(=O)(=O)N2C3CCC2CC(Cl)C3)nc1C. The van der Waals surface area contributed by atoms with Gasteiger partial charge in [-0.05, 0) is 39.5 Å². The average Bonchev–Trinajstić information content (AvgIpc) is 2.89. The molecule has 2 atom stereocenters. The Balaban J connectivity index is 1.96. The Morgan fingerprint density at radius 3 is 2.45 bits per heavy atom. The van der Waals surface area contributed by atoms with E-state index in [-0.39, 0.29) is 22.5 Å². The van der Waals surface area contributed by atoms with Crippen molar-refractivity contribution in [3.63, 3.8) is 0 Å². The van der Waals surface area contributed by atoms with E-state index in [0.717, 1.165) is 38.1 Å². The number of rotatable bonds is 3. The summed E-state index contributed by atoms with van der Waals surface area (Å²) in [5, 5.41) is 0.288. The molecule has 3 heterocycles. The van der Waals surface area contributed by atoms with E-state index in [9.17, 15) is 8.42 Å². The smallest absolute Gasteiger partial charge is 0.262 e. The maximum absolute atomic E-state index is 12.8. The number of nitrogens with zero attached hydrogens (tertiary/aromatic N) is 3. The third-order valence-corrected chi connectivity index (χ3v) is 6.68. The molecule has 7 heteroatoms. The summed E-state index contributed by atoms with van der Waals surface area (Å²) in [7, 11) is -3.49. The van der Waals surface area contributed by atoms with Crippen molar-refractivity contribution >= 4 is 21.6 Å². The lowest BCUT2D eigenvalue weighted by atomic mass is 10.1. The van der Waals surface area contributed by atoms with Crippen LogP contribution < -0.4 is 0 Å². The highest BCUT2D eigenvalue weighted by molar-refractivity contribution is 7.89. The van der Waals surface area contributed by atoms with Gasteiger partial charge >= 0.3 is 0 Å². The zero-order chi connectivity index (χ0) is 14.5. The molecular formula is C13H20ClN3O2S. The predicted molar refractivity (Wildman–Crippen MR) is 77.3 cm³/mol. The van der Waals surface area contributed by atoms with Crippen molar-refractivity contribution in [2.45, 2.75) is 68.6 Å². The minimum Gasteiger partial charge on any atom is -0.334 e. The van der Waals surface area contributed by atoms with Crippen molar-refractivity contribution in [2.24, 2.45) is 0 Å². The topological polar surface area (TPSA) is 55.2 Å². The van der Waals surface area contributed by atoms with Crippen LogP contribution >= 0.6 is 11.6 Å². The summed E-state index contributed by atoms with van der Waals surface area (Å²) in [6.45, 7) is 4.54. The second-order valence-corrected chi connectivity index (χ2v) is 8.11. The van der Waals surface area contributed by atoms with Crippen LogP contribution in [-0.2, 0) is 16.6 Å². The minimum absolute atomic E-state index is 0.0494. The first-order valence-corrected chi connectivity index (χ1v) is 9.02. The second-order valence-electron chi connectivity index (χ2n) is 5.70. The molecule has 1 aromatic rings. The summed E-state index contributed by atoms with van der Waals surface area (Å²) in [6.07, 6.45) is 4.99. The van der Waals surface area contributed by atoms with Gasteiger partial charge in [-0.25, -0.2) is 13.4 Å². The molecule has 0 aromatic carbocycles. The van der Waals surface area contributed by atoms with Crippen molar-refractivity contribution in [3.8, 4) is 0 Å². The van der Waals surface area contributed by atoms with Crippen LogP contribution in [0.3, 0.4) is 0 Å². The molecule has 20 heavy (non-hydrogen) atoms. The van der Waals surface area contributed by atoms with E-state index in [1.807, 2.05) is 18.4 Å². The van der Waals surface area contributed by atoms with Crippen LogP contribution in [0.2, 0.25) is 0 Å². The van der Waals surface area contributed by atoms with E-state index in [1.165, 1.54) is 0 Å². The lowest BCUT2D eigenvalue weighted by Gasteiger charge is -2.35. The van der Waals surface area contributed by atoms with Crippen LogP contribution in [0.25, 0.3) is 0 Å². The van der Waals surface area contributed by atoms with Gasteiger partial charge in [-0.15, -0.1) is 11.6 Å². The van der Waals surface area contributed by atoms with E-state index >= 15 is 0 Å². The van der Waals surface area contributed by atoms with Gasteiger partial charge in [0.15, 0.2) is 5.03 Å². The number of hydrogen-bond donors (Lipinski definition) is 0. The van der Waals surface area contributed by atoms with E-state index in [0.29, 0.717) is 0 Å². The predicted octanol–water partition coefficient (Wildman–Crippen LogP) is 2.13. The molecule has 2 fully saturated rings. The fourth-order valence-corrected chi connectivity index (χ4v) is 5.79. The van der Waals surface area contributed by atoms with Gasteiger partial charge < -0.3 is 4.57 Å². The van der Waals surface area contributed by atoms with Crippen molar-refractivity contribution in [3.05, 3.63) is 12.0 Å². The molecule has 0 radical (unpaired) electrons. The fraction of sp³-hybridized carbons (Fsp3) is 0.769. The molecule has 3 rings (SSSR count). The molecule has 1 aromatic heterocycles. The van der Waals surface area contributed by atoms with Crippen molar-refractivity contribution < 1.29 is 8.42 Å². The van der Waals surface area contributed by atoms with Gasteiger partial charge in [0.2, 0.25) is 0 Å². The van der Waals surface area contributed by atoms with Crippen LogP contribution in [0.1, 0.15) is 38.4 Å². The Bertz CT molecular complexity index is 599. The van der Waals surface area contributed by atoms with Gasteiger partial charge in [-0.2, -0.15) is 4.31 Å². The molecule has 0 amide bonds. The Hall–Kier alpha value is -0.590.